The number of aliphatic hydroxyl groups excluding tert-OH is 1. The predicted molar refractivity (Wildman–Crippen MR) is 25.4 cm³/mol. The zero-order valence-corrected chi connectivity index (χ0v) is 3.65. The molecule has 0 fully saturated rings. The van der Waals surface area contributed by atoms with Crippen molar-refractivity contribution in [3.8, 4) is 0 Å². The largest absolute Gasteiger partial charge is 0.394 e. The van der Waals surface area contributed by atoms with Gasteiger partial charge in [0.05, 0.1) is 6.61 Å². The van der Waals surface area contributed by atoms with Crippen molar-refractivity contribution in [2.75, 3.05) is 6.61 Å². The van der Waals surface area contributed by atoms with Crippen molar-refractivity contribution in [3.63, 3.8) is 0 Å². The summed E-state index contributed by atoms with van der Waals surface area (Å²) < 4.78 is 13.5. The Morgan fingerprint density at radius 2 is 2.50 bits per heavy atom. The first-order valence-electron chi connectivity index (χ1n) is 3.08. The Morgan fingerprint density at radius 1 is 2.00 bits per heavy atom. The molecule has 6 heavy (non-hydrogen) atoms. The highest BCUT2D eigenvalue weighted by Crippen LogP contribution is 1.89. The molecule has 0 aliphatic heterocycles. The van der Waals surface area contributed by atoms with E-state index in [1.807, 2.05) is 0 Å². The van der Waals surface area contributed by atoms with Crippen molar-refractivity contribution in [3.05, 3.63) is 0 Å². The van der Waals surface area contributed by atoms with Crippen LogP contribution in [0.1, 0.15) is 16.5 Å². The van der Waals surface area contributed by atoms with Gasteiger partial charge in [-0.25, -0.2) is 0 Å². The van der Waals surface area contributed by atoms with Crippen LogP contribution >= 0.6 is 0 Å². The molecule has 38 valence electrons. The van der Waals surface area contributed by atoms with Crippen molar-refractivity contribution in [2.24, 2.45) is 5.73 Å². The lowest BCUT2D eigenvalue weighted by Gasteiger charge is -2.12. The van der Waals surface area contributed by atoms with Gasteiger partial charge in [0, 0.05) is 8.28 Å². The molecule has 0 spiro atoms. The summed E-state index contributed by atoms with van der Waals surface area (Å²) >= 11 is 0. The molecule has 2 nitrogen and oxygen atoms in total. The van der Waals surface area contributed by atoms with Crippen molar-refractivity contribution >= 4 is 0 Å². The standard InChI is InChI=1S/C4H11NO/c1-4(2,5)3-6/h6H,3,5H2,1-2H3/i1D,2D. The molecule has 0 aromatic carbocycles. The van der Waals surface area contributed by atoms with Crippen LogP contribution in [0.15, 0.2) is 0 Å². The lowest BCUT2D eigenvalue weighted by molar-refractivity contribution is 0.221. The van der Waals surface area contributed by atoms with Gasteiger partial charge in [-0.05, 0) is 13.8 Å². The highest BCUT2D eigenvalue weighted by molar-refractivity contribution is 4.67. The Labute approximate surface area is 40.8 Å². The molecule has 0 aliphatic carbocycles. The van der Waals surface area contributed by atoms with E-state index in [1.54, 1.807) is 0 Å². The number of hydrogen-bond acceptors (Lipinski definition) is 2. The third-order valence-corrected chi connectivity index (χ3v) is 0.315. The van der Waals surface area contributed by atoms with Crippen molar-refractivity contribution < 1.29 is 7.85 Å². The Balaban J connectivity index is 3.58. The quantitative estimate of drug-likeness (QED) is 0.466. The lowest BCUT2D eigenvalue weighted by atomic mass is 10.1. The van der Waals surface area contributed by atoms with Gasteiger partial charge >= 0.3 is 0 Å². The summed E-state index contributed by atoms with van der Waals surface area (Å²) in [7, 11) is 0. The minimum absolute atomic E-state index is 0.0903. The van der Waals surface area contributed by atoms with Crippen LogP contribution in [0.5, 0.6) is 0 Å². The Morgan fingerprint density at radius 3 is 2.50 bits per heavy atom. The van der Waals surface area contributed by atoms with Gasteiger partial charge in [-0.1, -0.05) is 0 Å². The Kier molecular flexibility index (Phi) is 0.787. The molecular formula is C4H11NO. The molecule has 0 saturated heterocycles. The van der Waals surface area contributed by atoms with E-state index in [1.165, 1.54) is 0 Å². The van der Waals surface area contributed by atoms with Crippen LogP contribution < -0.4 is 5.73 Å². The second-order valence-corrected chi connectivity index (χ2v) is 1.52. The van der Waals surface area contributed by atoms with Gasteiger partial charge in [0.25, 0.3) is 0 Å². The topological polar surface area (TPSA) is 46.2 Å². The summed E-state index contributed by atoms with van der Waals surface area (Å²) in [5.41, 5.74) is 4.28. The molecule has 2 heteroatoms. The molecule has 3 N–H and O–H groups in total. The van der Waals surface area contributed by atoms with E-state index >= 15 is 0 Å². The SMILES string of the molecule is [2H]CC(N)(C[2H])CO. The first-order chi connectivity index (χ1) is 3.68. The van der Waals surface area contributed by atoms with Gasteiger partial charge in [0.1, 0.15) is 0 Å². The van der Waals surface area contributed by atoms with Crippen LogP contribution in [-0.2, 0) is 0 Å². The smallest absolute Gasteiger partial charge is 0.0605 e. The van der Waals surface area contributed by atoms with Crippen LogP contribution in [0.3, 0.4) is 0 Å². The van der Waals surface area contributed by atoms with E-state index in [2.05, 4.69) is 0 Å². The molecule has 0 heterocycles. The van der Waals surface area contributed by atoms with Crippen LogP contribution in [0.4, 0.5) is 0 Å². The van der Waals surface area contributed by atoms with Gasteiger partial charge in [-0.3, -0.25) is 0 Å². The minimum atomic E-state index is -0.986. The molecule has 0 rings (SSSR count). The number of nitrogens with two attached hydrogens (primary N) is 1. The summed E-state index contributed by atoms with van der Waals surface area (Å²) in [4.78, 5) is 0. The van der Waals surface area contributed by atoms with Gasteiger partial charge in [-0.15, -0.1) is 0 Å². The Bertz CT molecular complexity index is 56.8. The molecule has 0 unspecified atom stereocenters. The zero-order chi connectivity index (χ0) is 6.62. The van der Waals surface area contributed by atoms with Crippen LogP contribution in [-0.4, -0.2) is 17.3 Å². The summed E-state index contributed by atoms with van der Waals surface area (Å²) in [6, 6.07) is 0. The van der Waals surface area contributed by atoms with Gasteiger partial charge < -0.3 is 10.8 Å². The number of aliphatic hydroxyl groups is 1. The fourth-order valence-electron chi connectivity index (χ4n) is 0. The Hall–Kier alpha value is -0.0800. The van der Waals surface area contributed by atoms with E-state index in [4.69, 9.17) is 13.6 Å². The molecule has 0 atom stereocenters. The third kappa shape index (κ3) is 3.92. The van der Waals surface area contributed by atoms with Crippen LogP contribution in [0.25, 0.3) is 0 Å². The maximum Gasteiger partial charge on any atom is 0.0605 e. The summed E-state index contributed by atoms with van der Waals surface area (Å²) in [5.74, 6) is 0. The van der Waals surface area contributed by atoms with E-state index in [0.717, 1.165) is 0 Å². The van der Waals surface area contributed by atoms with E-state index in [0.29, 0.717) is 0 Å². The average molecular weight is 91.2 g/mol. The predicted octanol–water partition coefficient (Wildman–Crippen LogP) is -0.284. The molecule has 0 radical (unpaired) electrons. The van der Waals surface area contributed by atoms with E-state index in [-0.39, 0.29) is 20.4 Å². The van der Waals surface area contributed by atoms with Gasteiger partial charge in [0.2, 0.25) is 0 Å². The summed E-state index contributed by atoms with van der Waals surface area (Å²) in [5, 5.41) is 8.42. The third-order valence-electron chi connectivity index (χ3n) is 0.315. The maximum atomic E-state index is 8.42. The highest BCUT2D eigenvalue weighted by atomic mass is 16.3. The van der Waals surface area contributed by atoms with Crippen LogP contribution in [0.2, 0.25) is 0 Å². The minimum Gasteiger partial charge on any atom is -0.394 e. The number of rotatable bonds is 1. The molecule has 0 saturated carbocycles. The van der Waals surface area contributed by atoms with E-state index < -0.39 is 5.54 Å². The van der Waals surface area contributed by atoms with Crippen molar-refractivity contribution in [1.82, 2.24) is 0 Å². The van der Waals surface area contributed by atoms with Gasteiger partial charge in [0.15, 0.2) is 0 Å². The van der Waals surface area contributed by atoms with Crippen LogP contribution in [0, 0.1) is 0 Å². The second-order valence-electron chi connectivity index (χ2n) is 1.52. The highest BCUT2D eigenvalue weighted by Gasteiger charge is 2.05. The molecule has 0 aromatic heterocycles. The lowest BCUT2D eigenvalue weighted by Crippen LogP contribution is -2.35. The van der Waals surface area contributed by atoms with E-state index in [9.17, 15) is 0 Å². The monoisotopic (exact) mass is 91.1 g/mol. The molecule has 0 aliphatic rings. The first-order valence-corrected chi connectivity index (χ1v) is 1.67. The normalized spacial score (nSPS) is 16.3. The summed E-state index contributed by atoms with van der Waals surface area (Å²) in [6.45, 7) is -0.458. The van der Waals surface area contributed by atoms with Crippen molar-refractivity contribution in [2.45, 2.75) is 19.3 Å². The molecule has 0 bridgehead atoms. The first kappa shape index (κ1) is 2.99. The second kappa shape index (κ2) is 1.58. The fraction of sp³-hybridized carbons (Fsp3) is 1.00. The maximum absolute atomic E-state index is 8.42. The molecular weight excluding hydrogens is 78.0 g/mol. The fourth-order valence-corrected chi connectivity index (χ4v) is 0. The van der Waals surface area contributed by atoms with Gasteiger partial charge in [-0.2, -0.15) is 0 Å². The van der Waals surface area contributed by atoms with Crippen molar-refractivity contribution in [1.29, 1.82) is 0 Å². The number of hydrogen-bond donors (Lipinski definition) is 2. The molecule has 0 aromatic rings. The molecule has 0 amide bonds. The summed E-state index contributed by atoms with van der Waals surface area (Å²) in [6.07, 6.45) is 0. The zero-order valence-electron chi connectivity index (χ0n) is 5.65. The average Bonchev–Trinajstić information content (AvgIpc) is 1.87.